The Morgan fingerprint density at radius 2 is 1.82 bits per heavy atom. The smallest absolute Gasteiger partial charge is 0.315 e. The van der Waals surface area contributed by atoms with Crippen LogP contribution in [0.2, 0.25) is 0 Å². The van der Waals surface area contributed by atoms with Gasteiger partial charge in [-0.2, -0.15) is 0 Å². The molecular weight excluding hydrogens is 373 g/mol. The van der Waals surface area contributed by atoms with Crippen LogP contribution in [0.15, 0.2) is 66.2 Å². The first-order valence-corrected chi connectivity index (χ1v) is 10.3. The van der Waals surface area contributed by atoms with E-state index in [0.29, 0.717) is 13.0 Å². The lowest BCUT2D eigenvalue weighted by Crippen LogP contribution is -2.21. The summed E-state index contributed by atoms with van der Waals surface area (Å²) in [6.45, 7) is 4.28. The molecule has 1 heterocycles. The molecule has 0 bridgehead atoms. The molecule has 0 amide bonds. The molecule has 3 atom stereocenters. The van der Waals surface area contributed by atoms with Gasteiger partial charge in [0.05, 0.1) is 6.61 Å². The summed E-state index contributed by atoms with van der Waals surface area (Å²) in [5.41, 5.74) is 2.18. The molecule has 3 unspecified atom stereocenters. The van der Waals surface area contributed by atoms with Gasteiger partial charge < -0.3 is 4.74 Å². The molecule has 0 aliphatic carbocycles. The summed E-state index contributed by atoms with van der Waals surface area (Å²) in [6, 6.07) is 16.8. The van der Waals surface area contributed by atoms with Gasteiger partial charge in [0.2, 0.25) is 0 Å². The third-order valence-electron chi connectivity index (χ3n) is 5.04. The standard InChI is InChI=1S/C23H24FNO2S/c1-3-27-23(26)21(22-25-13-14-28-22)15-20(18-9-11-19(24)12-10-18)16(2)17-7-5-4-6-8-17/h4-14,16,20-21H,3,15H2,1-2H3. The van der Waals surface area contributed by atoms with E-state index in [2.05, 4.69) is 24.0 Å². The number of ether oxygens (including phenoxy) is 1. The van der Waals surface area contributed by atoms with Gasteiger partial charge in [-0.1, -0.05) is 49.4 Å². The van der Waals surface area contributed by atoms with E-state index in [1.54, 1.807) is 13.1 Å². The van der Waals surface area contributed by atoms with E-state index in [1.165, 1.54) is 29.0 Å². The van der Waals surface area contributed by atoms with Gasteiger partial charge in [0.25, 0.3) is 0 Å². The maximum Gasteiger partial charge on any atom is 0.315 e. The molecule has 0 aliphatic rings. The van der Waals surface area contributed by atoms with E-state index >= 15 is 0 Å². The fraction of sp³-hybridized carbons (Fsp3) is 0.304. The number of carbonyl (C=O) groups excluding carboxylic acids is 1. The van der Waals surface area contributed by atoms with Gasteiger partial charge in [0, 0.05) is 11.6 Å². The van der Waals surface area contributed by atoms with Gasteiger partial charge in [-0.3, -0.25) is 4.79 Å². The number of benzene rings is 2. The highest BCUT2D eigenvalue weighted by atomic mass is 32.1. The van der Waals surface area contributed by atoms with Crippen LogP contribution in [-0.4, -0.2) is 17.6 Å². The number of hydrogen-bond acceptors (Lipinski definition) is 4. The van der Waals surface area contributed by atoms with Crippen LogP contribution in [0.3, 0.4) is 0 Å². The first-order chi connectivity index (χ1) is 13.6. The quantitative estimate of drug-likeness (QED) is 0.444. The number of esters is 1. The molecule has 0 N–H and O–H groups in total. The van der Waals surface area contributed by atoms with Crippen molar-refractivity contribution in [3.63, 3.8) is 0 Å². The van der Waals surface area contributed by atoms with Crippen molar-refractivity contribution in [2.24, 2.45) is 0 Å². The van der Waals surface area contributed by atoms with E-state index in [1.807, 2.05) is 35.7 Å². The molecule has 0 saturated heterocycles. The Labute approximate surface area is 169 Å². The van der Waals surface area contributed by atoms with Crippen molar-refractivity contribution in [2.45, 2.75) is 38.0 Å². The van der Waals surface area contributed by atoms with Gasteiger partial charge in [-0.15, -0.1) is 11.3 Å². The van der Waals surface area contributed by atoms with Gasteiger partial charge in [-0.05, 0) is 48.4 Å². The number of nitrogens with zero attached hydrogens (tertiary/aromatic N) is 1. The van der Waals surface area contributed by atoms with Crippen LogP contribution >= 0.6 is 11.3 Å². The van der Waals surface area contributed by atoms with Crippen LogP contribution in [0.5, 0.6) is 0 Å². The number of thiazole rings is 1. The van der Waals surface area contributed by atoms with E-state index in [4.69, 9.17) is 4.74 Å². The second-order valence-electron chi connectivity index (χ2n) is 6.77. The Balaban J connectivity index is 1.97. The molecule has 1 aromatic heterocycles. The van der Waals surface area contributed by atoms with Crippen LogP contribution in [0.4, 0.5) is 4.39 Å². The maximum absolute atomic E-state index is 13.5. The monoisotopic (exact) mass is 397 g/mol. The van der Waals surface area contributed by atoms with Crippen molar-refractivity contribution in [3.05, 3.63) is 88.1 Å². The summed E-state index contributed by atoms with van der Waals surface area (Å²) in [7, 11) is 0. The van der Waals surface area contributed by atoms with Crippen molar-refractivity contribution in [2.75, 3.05) is 6.61 Å². The minimum absolute atomic E-state index is 0.0151. The first kappa shape index (κ1) is 20.2. The lowest BCUT2D eigenvalue weighted by molar-refractivity contribution is -0.145. The lowest BCUT2D eigenvalue weighted by atomic mass is 9.77. The summed E-state index contributed by atoms with van der Waals surface area (Å²) in [5, 5.41) is 2.63. The summed E-state index contributed by atoms with van der Waals surface area (Å²) < 4.78 is 18.8. The number of rotatable bonds is 8. The molecule has 3 rings (SSSR count). The number of carbonyl (C=O) groups is 1. The predicted molar refractivity (Wildman–Crippen MR) is 110 cm³/mol. The maximum atomic E-state index is 13.5. The molecule has 28 heavy (non-hydrogen) atoms. The van der Waals surface area contributed by atoms with Gasteiger partial charge in [0.15, 0.2) is 0 Å². The molecule has 0 aliphatic heterocycles. The number of aromatic nitrogens is 1. The largest absolute Gasteiger partial charge is 0.465 e. The highest BCUT2D eigenvalue weighted by molar-refractivity contribution is 7.09. The molecule has 0 fully saturated rings. The van der Waals surface area contributed by atoms with Crippen LogP contribution in [0.1, 0.15) is 54.2 Å². The van der Waals surface area contributed by atoms with E-state index in [-0.39, 0.29) is 23.6 Å². The van der Waals surface area contributed by atoms with Crippen LogP contribution < -0.4 is 0 Å². The van der Waals surface area contributed by atoms with E-state index in [0.717, 1.165) is 10.6 Å². The molecule has 0 spiro atoms. The van der Waals surface area contributed by atoms with E-state index in [9.17, 15) is 9.18 Å². The normalized spacial score (nSPS) is 14.2. The lowest BCUT2D eigenvalue weighted by Gasteiger charge is -2.28. The Morgan fingerprint density at radius 3 is 2.43 bits per heavy atom. The molecule has 146 valence electrons. The van der Waals surface area contributed by atoms with Crippen molar-refractivity contribution in [1.29, 1.82) is 0 Å². The zero-order valence-corrected chi connectivity index (χ0v) is 16.9. The fourth-order valence-electron chi connectivity index (χ4n) is 3.53. The summed E-state index contributed by atoms with van der Waals surface area (Å²) in [4.78, 5) is 17.1. The topological polar surface area (TPSA) is 39.2 Å². The second-order valence-corrected chi connectivity index (χ2v) is 7.69. The van der Waals surface area contributed by atoms with Crippen LogP contribution in [0.25, 0.3) is 0 Å². The Kier molecular flexibility index (Phi) is 6.93. The van der Waals surface area contributed by atoms with Crippen molar-refractivity contribution in [3.8, 4) is 0 Å². The minimum atomic E-state index is -0.443. The summed E-state index contributed by atoms with van der Waals surface area (Å²) in [5.74, 6) is -0.812. The average Bonchev–Trinajstić information content (AvgIpc) is 3.24. The Bertz CT molecular complexity index is 865. The molecule has 3 aromatic rings. The average molecular weight is 398 g/mol. The van der Waals surface area contributed by atoms with Crippen molar-refractivity contribution in [1.82, 2.24) is 4.98 Å². The zero-order chi connectivity index (χ0) is 19.9. The number of halogens is 1. The summed E-state index contributed by atoms with van der Waals surface area (Å²) >= 11 is 1.46. The van der Waals surface area contributed by atoms with Gasteiger partial charge in [-0.25, -0.2) is 9.37 Å². The molecule has 2 aromatic carbocycles. The van der Waals surface area contributed by atoms with Crippen LogP contribution in [0, 0.1) is 5.82 Å². The van der Waals surface area contributed by atoms with Crippen molar-refractivity contribution >= 4 is 17.3 Å². The highest BCUT2D eigenvalue weighted by Crippen LogP contribution is 2.41. The summed E-state index contributed by atoms with van der Waals surface area (Å²) in [6.07, 6.45) is 2.26. The third kappa shape index (κ3) is 4.84. The predicted octanol–water partition coefficient (Wildman–Crippen LogP) is 5.91. The van der Waals surface area contributed by atoms with E-state index < -0.39 is 5.92 Å². The molecule has 0 radical (unpaired) electrons. The zero-order valence-electron chi connectivity index (χ0n) is 16.0. The molecule has 5 heteroatoms. The molecular formula is C23H24FNO2S. The fourth-order valence-corrected chi connectivity index (χ4v) is 4.27. The van der Waals surface area contributed by atoms with Gasteiger partial charge >= 0.3 is 5.97 Å². The van der Waals surface area contributed by atoms with Crippen molar-refractivity contribution < 1.29 is 13.9 Å². The van der Waals surface area contributed by atoms with Crippen LogP contribution in [-0.2, 0) is 9.53 Å². The number of hydrogen-bond donors (Lipinski definition) is 0. The molecule has 3 nitrogen and oxygen atoms in total. The van der Waals surface area contributed by atoms with Gasteiger partial charge in [0.1, 0.15) is 16.7 Å². The highest BCUT2D eigenvalue weighted by Gasteiger charge is 2.31. The Morgan fingerprint density at radius 1 is 1.11 bits per heavy atom. The first-order valence-electron chi connectivity index (χ1n) is 9.46. The molecule has 0 saturated carbocycles. The minimum Gasteiger partial charge on any atom is -0.465 e. The SMILES string of the molecule is CCOC(=O)C(CC(c1ccc(F)cc1)C(C)c1ccccc1)c1nccs1. The Hall–Kier alpha value is -2.53. The second kappa shape index (κ2) is 9.60. The third-order valence-corrected chi connectivity index (χ3v) is 5.93.